The summed E-state index contributed by atoms with van der Waals surface area (Å²) < 4.78 is 0. The molecule has 0 aliphatic heterocycles. The fourth-order valence-electron chi connectivity index (χ4n) is 0.697. The standard InChI is InChI=1S/C8H9P.C3H9N/c1-2-7-5-3-4-6-8(7)9;1-4(2)3/h2-6H,1,9H2;1-3H3. The van der Waals surface area contributed by atoms with Crippen LogP contribution in [0.25, 0.3) is 6.08 Å². The van der Waals surface area contributed by atoms with Gasteiger partial charge in [0.2, 0.25) is 0 Å². The molecule has 1 nitrogen and oxygen atoms in total. The summed E-state index contributed by atoms with van der Waals surface area (Å²) >= 11 is 0. The van der Waals surface area contributed by atoms with E-state index in [4.69, 9.17) is 0 Å². The second kappa shape index (κ2) is 6.82. The Morgan fingerprint density at radius 2 is 1.69 bits per heavy atom. The minimum atomic E-state index is 1.18. The molecular weight excluding hydrogens is 177 g/mol. The van der Waals surface area contributed by atoms with Crippen molar-refractivity contribution < 1.29 is 0 Å². The predicted octanol–water partition coefficient (Wildman–Crippen LogP) is 2.01. The Balaban J connectivity index is 0.000000310. The highest BCUT2D eigenvalue weighted by molar-refractivity contribution is 7.27. The third-order valence-electron chi connectivity index (χ3n) is 1.22. The highest BCUT2D eigenvalue weighted by atomic mass is 31.0. The van der Waals surface area contributed by atoms with E-state index < -0.39 is 0 Å². The van der Waals surface area contributed by atoms with Gasteiger partial charge in [-0.3, -0.25) is 0 Å². The Bertz CT molecular complexity index is 253. The Hall–Kier alpha value is -0.650. The third kappa shape index (κ3) is 6.51. The molecule has 2 heteroatoms. The summed E-state index contributed by atoms with van der Waals surface area (Å²) in [5.41, 5.74) is 1.18. The van der Waals surface area contributed by atoms with Crippen LogP contribution in [0.2, 0.25) is 0 Å². The third-order valence-corrected chi connectivity index (χ3v) is 1.74. The van der Waals surface area contributed by atoms with Crippen molar-refractivity contribution in [3.63, 3.8) is 0 Å². The first-order valence-electron chi connectivity index (χ1n) is 4.15. The minimum absolute atomic E-state index is 1.18. The zero-order valence-corrected chi connectivity index (χ0v) is 9.77. The van der Waals surface area contributed by atoms with E-state index in [0.717, 1.165) is 0 Å². The summed E-state index contributed by atoms with van der Waals surface area (Å²) in [6.07, 6.45) is 1.85. The molecule has 72 valence electrons. The fourth-order valence-corrected chi connectivity index (χ4v) is 1.02. The summed E-state index contributed by atoms with van der Waals surface area (Å²) in [5, 5.41) is 1.20. The lowest BCUT2D eigenvalue weighted by Gasteiger charge is -1.94. The van der Waals surface area contributed by atoms with E-state index in [-0.39, 0.29) is 0 Å². The molecule has 13 heavy (non-hydrogen) atoms. The zero-order valence-electron chi connectivity index (χ0n) is 8.62. The second-order valence-corrected chi connectivity index (χ2v) is 3.80. The molecule has 0 radical (unpaired) electrons. The molecule has 0 bridgehead atoms. The molecule has 0 amide bonds. The summed E-state index contributed by atoms with van der Waals surface area (Å²) in [6, 6.07) is 8.09. The molecule has 1 rings (SSSR count). The molecule has 1 atom stereocenters. The van der Waals surface area contributed by atoms with E-state index in [0.29, 0.717) is 0 Å². The Morgan fingerprint density at radius 3 is 2.00 bits per heavy atom. The topological polar surface area (TPSA) is 3.24 Å². The number of hydrogen-bond donors (Lipinski definition) is 0. The van der Waals surface area contributed by atoms with E-state index in [1.807, 2.05) is 56.4 Å². The van der Waals surface area contributed by atoms with Gasteiger partial charge in [-0.15, -0.1) is 9.24 Å². The first-order valence-corrected chi connectivity index (χ1v) is 4.73. The summed E-state index contributed by atoms with van der Waals surface area (Å²) in [7, 11) is 8.66. The molecule has 0 aromatic heterocycles. The highest BCUT2D eigenvalue weighted by Crippen LogP contribution is 2.00. The van der Waals surface area contributed by atoms with Crippen LogP contribution in [-0.2, 0) is 0 Å². The molecule has 0 aliphatic carbocycles. The number of rotatable bonds is 1. The second-order valence-electron chi connectivity index (χ2n) is 3.17. The first-order chi connectivity index (χ1) is 6.07. The maximum atomic E-state index is 3.68. The molecule has 0 fully saturated rings. The molecule has 0 saturated carbocycles. The van der Waals surface area contributed by atoms with E-state index in [9.17, 15) is 0 Å². The van der Waals surface area contributed by atoms with Crippen molar-refractivity contribution in [2.45, 2.75) is 0 Å². The van der Waals surface area contributed by atoms with Crippen LogP contribution in [-0.4, -0.2) is 26.0 Å². The Labute approximate surface area is 83.7 Å². The number of hydrogen-bond acceptors (Lipinski definition) is 1. The van der Waals surface area contributed by atoms with Crippen molar-refractivity contribution in [2.24, 2.45) is 0 Å². The van der Waals surface area contributed by atoms with Crippen LogP contribution in [0, 0.1) is 0 Å². The van der Waals surface area contributed by atoms with E-state index in [1.54, 1.807) is 0 Å². The lowest BCUT2D eigenvalue weighted by atomic mass is 10.2. The van der Waals surface area contributed by atoms with Crippen molar-refractivity contribution in [3.05, 3.63) is 36.4 Å². The maximum absolute atomic E-state index is 3.68. The molecule has 1 aromatic rings. The van der Waals surface area contributed by atoms with Gasteiger partial charge < -0.3 is 4.90 Å². The van der Waals surface area contributed by atoms with Gasteiger partial charge in [0.05, 0.1) is 0 Å². The number of nitrogens with zero attached hydrogens (tertiary/aromatic N) is 1. The van der Waals surface area contributed by atoms with Gasteiger partial charge in [0.15, 0.2) is 0 Å². The van der Waals surface area contributed by atoms with Crippen molar-refractivity contribution in [3.8, 4) is 0 Å². The molecule has 1 unspecified atom stereocenters. The van der Waals surface area contributed by atoms with E-state index in [2.05, 4.69) is 15.8 Å². The average Bonchev–Trinajstić information content (AvgIpc) is 2.04. The van der Waals surface area contributed by atoms with Gasteiger partial charge in [-0.05, 0) is 32.0 Å². The van der Waals surface area contributed by atoms with Crippen LogP contribution in [0.15, 0.2) is 30.8 Å². The quantitative estimate of drug-likeness (QED) is 0.619. The molecule has 1 aromatic carbocycles. The van der Waals surface area contributed by atoms with Gasteiger partial charge in [0.1, 0.15) is 0 Å². The Kier molecular flexibility index (Phi) is 6.48. The van der Waals surface area contributed by atoms with Crippen molar-refractivity contribution in [2.75, 3.05) is 21.1 Å². The van der Waals surface area contributed by atoms with Crippen LogP contribution in [0.5, 0.6) is 0 Å². The Morgan fingerprint density at radius 1 is 1.23 bits per heavy atom. The van der Waals surface area contributed by atoms with Crippen molar-refractivity contribution in [1.82, 2.24) is 4.90 Å². The van der Waals surface area contributed by atoms with Crippen LogP contribution in [0.4, 0.5) is 0 Å². The lowest BCUT2D eigenvalue weighted by Crippen LogP contribution is -1.99. The molecule has 0 heterocycles. The molecule has 0 saturated heterocycles. The van der Waals surface area contributed by atoms with Gasteiger partial charge in [-0.2, -0.15) is 0 Å². The predicted molar refractivity (Wildman–Crippen MR) is 65.5 cm³/mol. The van der Waals surface area contributed by atoms with E-state index >= 15 is 0 Å². The van der Waals surface area contributed by atoms with Crippen molar-refractivity contribution >= 4 is 20.6 Å². The molecule has 0 N–H and O–H groups in total. The zero-order chi connectivity index (χ0) is 10.3. The van der Waals surface area contributed by atoms with E-state index in [1.165, 1.54) is 10.9 Å². The average molecular weight is 195 g/mol. The maximum Gasteiger partial charge on any atom is -0.0140 e. The smallest absolute Gasteiger partial charge is 0.0140 e. The largest absolute Gasteiger partial charge is 0.312 e. The van der Waals surface area contributed by atoms with Crippen LogP contribution in [0.1, 0.15) is 5.56 Å². The normalized spacial score (nSPS) is 9.00. The molecule has 0 spiro atoms. The fraction of sp³-hybridized carbons (Fsp3) is 0.273. The van der Waals surface area contributed by atoms with Crippen LogP contribution < -0.4 is 5.30 Å². The highest BCUT2D eigenvalue weighted by Gasteiger charge is 1.86. The number of benzene rings is 1. The van der Waals surface area contributed by atoms with Gasteiger partial charge >= 0.3 is 0 Å². The van der Waals surface area contributed by atoms with Crippen LogP contribution in [0.3, 0.4) is 0 Å². The monoisotopic (exact) mass is 195 g/mol. The van der Waals surface area contributed by atoms with Crippen molar-refractivity contribution in [1.29, 1.82) is 0 Å². The van der Waals surface area contributed by atoms with Crippen LogP contribution >= 0.6 is 9.24 Å². The molecule has 0 aliphatic rings. The van der Waals surface area contributed by atoms with Gasteiger partial charge in [0.25, 0.3) is 0 Å². The minimum Gasteiger partial charge on any atom is -0.312 e. The van der Waals surface area contributed by atoms with Gasteiger partial charge in [-0.1, -0.05) is 36.9 Å². The lowest BCUT2D eigenvalue weighted by molar-refractivity contribution is 0.505. The van der Waals surface area contributed by atoms with Gasteiger partial charge in [0, 0.05) is 0 Å². The van der Waals surface area contributed by atoms with Gasteiger partial charge in [-0.25, -0.2) is 0 Å². The molecular formula is C11H18NP. The summed E-state index contributed by atoms with van der Waals surface area (Å²) in [5.74, 6) is 0. The summed E-state index contributed by atoms with van der Waals surface area (Å²) in [6.45, 7) is 3.68. The summed E-state index contributed by atoms with van der Waals surface area (Å²) in [4.78, 5) is 2.00. The first kappa shape index (κ1) is 12.3. The SMILES string of the molecule is C=Cc1ccccc1P.CN(C)C.